The molecule has 1 saturated heterocycles. The fraction of sp³-hybridized carbons (Fsp3) is 0.538. The molecule has 0 aromatic carbocycles. The molecular formula is C13H18FN2O9P. The molecule has 1 aliphatic heterocycles. The van der Waals surface area contributed by atoms with Crippen LogP contribution >= 0.6 is 7.82 Å². The van der Waals surface area contributed by atoms with Gasteiger partial charge in [0, 0.05) is 18.7 Å². The number of rotatable bonds is 7. The molecule has 0 saturated carbocycles. The SMILES string of the molecule is C=CC[C@@]1(O)[C@H](O)[C@@](CF)(COP(=O)(O)O)O[C@H]1n1ccc(=O)[nH]c1=O. The van der Waals surface area contributed by atoms with E-state index in [0.717, 1.165) is 12.3 Å². The fourth-order valence-electron chi connectivity index (χ4n) is 2.78. The minimum absolute atomic E-state index is 0.373. The molecule has 26 heavy (non-hydrogen) atoms. The number of nitrogens with one attached hydrogen (secondary N) is 1. The Hall–Kier alpha value is -1.66. The molecule has 0 bridgehead atoms. The second-order valence-electron chi connectivity index (χ2n) is 5.84. The highest BCUT2D eigenvalue weighted by Gasteiger charge is 2.64. The molecule has 1 fully saturated rings. The summed E-state index contributed by atoms with van der Waals surface area (Å²) >= 11 is 0. The lowest BCUT2D eigenvalue weighted by atomic mass is 9.84. The number of aromatic nitrogens is 2. The van der Waals surface area contributed by atoms with Gasteiger partial charge in [-0.05, 0) is 0 Å². The summed E-state index contributed by atoms with van der Waals surface area (Å²) < 4.78 is 34.9. The van der Waals surface area contributed by atoms with E-state index in [1.165, 1.54) is 6.08 Å². The Kier molecular flexibility index (Phi) is 5.69. The third-order valence-corrected chi connectivity index (χ3v) is 4.49. The molecule has 0 aliphatic carbocycles. The summed E-state index contributed by atoms with van der Waals surface area (Å²) in [5, 5.41) is 21.3. The molecule has 1 aliphatic rings. The molecule has 2 heterocycles. The summed E-state index contributed by atoms with van der Waals surface area (Å²) in [5.74, 6) is 0. The Morgan fingerprint density at radius 1 is 1.50 bits per heavy atom. The molecule has 4 atom stereocenters. The van der Waals surface area contributed by atoms with Crippen LogP contribution in [0.5, 0.6) is 0 Å². The van der Waals surface area contributed by atoms with E-state index in [1.54, 1.807) is 0 Å². The minimum atomic E-state index is -5.04. The van der Waals surface area contributed by atoms with Crippen molar-refractivity contribution in [2.75, 3.05) is 13.3 Å². The van der Waals surface area contributed by atoms with Crippen LogP contribution in [0.25, 0.3) is 0 Å². The van der Waals surface area contributed by atoms with Gasteiger partial charge >= 0.3 is 13.5 Å². The van der Waals surface area contributed by atoms with Crippen molar-refractivity contribution >= 4 is 7.82 Å². The number of hydrogen-bond acceptors (Lipinski definition) is 7. The highest BCUT2D eigenvalue weighted by Crippen LogP contribution is 2.48. The third-order valence-electron chi connectivity index (χ3n) is 4.02. The molecule has 0 spiro atoms. The maximum Gasteiger partial charge on any atom is 0.469 e. The lowest BCUT2D eigenvalue weighted by Gasteiger charge is -2.32. The molecule has 146 valence electrons. The van der Waals surface area contributed by atoms with Crippen LogP contribution in [0, 0.1) is 0 Å². The summed E-state index contributed by atoms with van der Waals surface area (Å²) in [5.41, 5.74) is -6.42. The molecule has 0 radical (unpaired) electrons. The van der Waals surface area contributed by atoms with Crippen LogP contribution in [0.15, 0.2) is 34.5 Å². The van der Waals surface area contributed by atoms with Crippen LogP contribution in [0.4, 0.5) is 4.39 Å². The normalized spacial score (nSPS) is 31.9. The molecule has 13 heteroatoms. The van der Waals surface area contributed by atoms with Crippen molar-refractivity contribution in [3.8, 4) is 0 Å². The predicted molar refractivity (Wildman–Crippen MR) is 83.9 cm³/mol. The van der Waals surface area contributed by atoms with Crippen molar-refractivity contribution < 1.29 is 38.2 Å². The zero-order valence-electron chi connectivity index (χ0n) is 13.3. The van der Waals surface area contributed by atoms with Crippen LogP contribution in [-0.4, -0.2) is 60.1 Å². The van der Waals surface area contributed by atoms with Crippen LogP contribution in [0.3, 0.4) is 0 Å². The van der Waals surface area contributed by atoms with E-state index in [1.807, 2.05) is 4.98 Å². The smallest absolute Gasteiger partial charge is 0.387 e. The van der Waals surface area contributed by atoms with Crippen LogP contribution in [0.2, 0.25) is 0 Å². The molecule has 11 nitrogen and oxygen atoms in total. The van der Waals surface area contributed by atoms with Gasteiger partial charge in [-0.1, -0.05) is 6.08 Å². The Labute approximate surface area is 145 Å². The second kappa shape index (κ2) is 7.16. The molecule has 0 unspecified atom stereocenters. The van der Waals surface area contributed by atoms with Crippen molar-refractivity contribution in [3.63, 3.8) is 0 Å². The highest BCUT2D eigenvalue weighted by molar-refractivity contribution is 7.46. The van der Waals surface area contributed by atoms with Crippen molar-refractivity contribution in [2.24, 2.45) is 0 Å². The number of aliphatic hydroxyl groups is 2. The van der Waals surface area contributed by atoms with Crippen molar-refractivity contribution in [2.45, 2.75) is 30.0 Å². The van der Waals surface area contributed by atoms with Gasteiger partial charge in [0.05, 0.1) is 6.61 Å². The van der Waals surface area contributed by atoms with Crippen LogP contribution in [0.1, 0.15) is 12.6 Å². The van der Waals surface area contributed by atoms with Gasteiger partial charge in [-0.3, -0.25) is 18.9 Å². The van der Waals surface area contributed by atoms with Gasteiger partial charge in [0.15, 0.2) is 11.8 Å². The van der Waals surface area contributed by atoms with Gasteiger partial charge in [-0.15, -0.1) is 6.58 Å². The van der Waals surface area contributed by atoms with Crippen LogP contribution in [-0.2, 0) is 13.8 Å². The Balaban J connectivity index is 2.53. The van der Waals surface area contributed by atoms with Crippen molar-refractivity contribution in [1.82, 2.24) is 9.55 Å². The number of aliphatic hydroxyl groups excluding tert-OH is 1. The van der Waals surface area contributed by atoms with Gasteiger partial charge in [-0.25, -0.2) is 13.8 Å². The maximum atomic E-state index is 13.7. The monoisotopic (exact) mass is 396 g/mol. The van der Waals surface area contributed by atoms with E-state index in [-0.39, 0.29) is 6.42 Å². The number of hydrogen-bond donors (Lipinski definition) is 5. The van der Waals surface area contributed by atoms with E-state index in [9.17, 15) is 28.8 Å². The molecule has 1 aromatic rings. The predicted octanol–water partition coefficient (Wildman–Crippen LogP) is -1.45. The van der Waals surface area contributed by atoms with Gasteiger partial charge in [0.25, 0.3) is 5.56 Å². The van der Waals surface area contributed by atoms with E-state index in [4.69, 9.17) is 14.5 Å². The zero-order chi connectivity index (χ0) is 19.8. The number of phosphoric acid groups is 1. The van der Waals surface area contributed by atoms with Gasteiger partial charge in [0.2, 0.25) is 0 Å². The van der Waals surface area contributed by atoms with E-state index >= 15 is 0 Å². The van der Waals surface area contributed by atoms with Crippen molar-refractivity contribution in [1.29, 1.82) is 0 Å². The topological polar surface area (TPSA) is 171 Å². The summed E-state index contributed by atoms with van der Waals surface area (Å²) in [7, 11) is -5.04. The number of H-pyrrole nitrogens is 1. The van der Waals surface area contributed by atoms with Crippen molar-refractivity contribution in [3.05, 3.63) is 45.8 Å². The Bertz CT molecular complexity index is 835. The number of phosphoric ester groups is 1. The number of alkyl halides is 1. The summed E-state index contributed by atoms with van der Waals surface area (Å²) in [6, 6.07) is 0.938. The molecule has 1 aromatic heterocycles. The Morgan fingerprint density at radius 2 is 2.15 bits per heavy atom. The first-order valence-corrected chi connectivity index (χ1v) is 8.79. The first kappa shape index (κ1) is 20.6. The van der Waals surface area contributed by atoms with Gasteiger partial charge in [-0.2, -0.15) is 0 Å². The Morgan fingerprint density at radius 3 is 2.65 bits per heavy atom. The lowest BCUT2D eigenvalue weighted by Crippen LogP contribution is -2.54. The average Bonchev–Trinajstić information content (AvgIpc) is 2.75. The van der Waals surface area contributed by atoms with E-state index < -0.39 is 55.9 Å². The summed E-state index contributed by atoms with van der Waals surface area (Å²) in [6.07, 6.45) is -1.98. The molecule has 0 amide bonds. The first-order valence-electron chi connectivity index (χ1n) is 7.26. The zero-order valence-corrected chi connectivity index (χ0v) is 14.2. The lowest BCUT2D eigenvalue weighted by molar-refractivity contribution is -0.138. The molecule has 5 N–H and O–H groups in total. The maximum absolute atomic E-state index is 13.7. The summed E-state index contributed by atoms with van der Waals surface area (Å²) in [6.45, 7) is 0.800. The largest absolute Gasteiger partial charge is 0.469 e. The quantitative estimate of drug-likeness (QED) is 0.273. The third kappa shape index (κ3) is 3.71. The molecular weight excluding hydrogens is 378 g/mol. The van der Waals surface area contributed by atoms with Gasteiger partial charge in [0.1, 0.15) is 18.4 Å². The fourth-order valence-corrected chi connectivity index (χ4v) is 3.17. The molecule has 2 rings (SSSR count). The standard InChI is InChI=1S/C13H18FN2O9P/c1-2-4-13(20)9(18)12(6-14,7-24-26(21,22)23)25-10(13)16-5-3-8(17)15-11(16)19/h2-3,5,9-10,18,20H,1,4,6-7H2,(H,15,17,19)(H2,21,22,23)/t9-,10-,12-,13-/m1/s1. The van der Waals surface area contributed by atoms with Gasteiger partial charge < -0.3 is 24.7 Å². The van der Waals surface area contributed by atoms with Crippen LogP contribution < -0.4 is 11.2 Å². The highest BCUT2D eigenvalue weighted by atomic mass is 31.2. The second-order valence-corrected chi connectivity index (χ2v) is 7.08. The number of ether oxygens (including phenoxy) is 1. The first-order chi connectivity index (χ1) is 12.0. The summed E-state index contributed by atoms with van der Waals surface area (Å²) in [4.78, 5) is 42.8. The minimum Gasteiger partial charge on any atom is -0.387 e. The van der Waals surface area contributed by atoms with E-state index in [2.05, 4.69) is 11.1 Å². The number of aromatic amines is 1. The number of nitrogens with zero attached hydrogens (tertiary/aromatic N) is 1. The number of halogens is 1. The average molecular weight is 396 g/mol. The van der Waals surface area contributed by atoms with E-state index in [0.29, 0.717) is 4.57 Å².